The summed E-state index contributed by atoms with van der Waals surface area (Å²) in [5.41, 5.74) is 0.651. The molecule has 4 bridgehead atoms. The van der Waals surface area contributed by atoms with Gasteiger partial charge < -0.3 is 14.6 Å². The number of benzene rings is 1. The van der Waals surface area contributed by atoms with E-state index in [1.807, 2.05) is 0 Å². The first-order valence-electron chi connectivity index (χ1n) is 11.0. The zero-order valence-corrected chi connectivity index (χ0v) is 13.4. The van der Waals surface area contributed by atoms with Crippen molar-refractivity contribution in [3.63, 3.8) is 0 Å². The van der Waals surface area contributed by atoms with Gasteiger partial charge in [0.05, 0.1) is 25.9 Å². The second-order valence-corrected chi connectivity index (χ2v) is 7.59. The maximum Gasteiger partial charge on any atom is 0.134 e. The molecule has 23 heavy (non-hydrogen) atoms. The minimum absolute atomic E-state index is 0.0150. The summed E-state index contributed by atoms with van der Waals surface area (Å²) in [7, 11) is -5.12. The molecule has 0 saturated heterocycles. The standard InChI is InChI=1S/C19H23ClO3/c1-22-18(12-3-4-15(20)16(21)7-12)17-13-5-11-6-14(17)10-19(8-11,9-13)23-2/h3-4,7,11,13-14,21H,5-6,8-10H2,1-2H3/i1D3,2D3. The van der Waals surface area contributed by atoms with Gasteiger partial charge in [0.25, 0.3) is 0 Å². The highest BCUT2D eigenvalue weighted by Crippen LogP contribution is 2.60. The lowest BCUT2D eigenvalue weighted by Gasteiger charge is -2.57. The molecule has 5 rings (SSSR count). The summed E-state index contributed by atoms with van der Waals surface area (Å²) in [6.45, 7) is 0. The highest BCUT2D eigenvalue weighted by Gasteiger charge is 2.54. The molecule has 0 aromatic heterocycles. The van der Waals surface area contributed by atoms with E-state index in [1.165, 1.54) is 12.1 Å². The van der Waals surface area contributed by atoms with E-state index in [4.69, 9.17) is 29.3 Å². The van der Waals surface area contributed by atoms with Gasteiger partial charge in [-0.2, -0.15) is 0 Å². The highest BCUT2D eigenvalue weighted by atomic mass is 35.5. The lowest BCUT2D eigenvalue weighted by molar-refractivity contribution is -0.125. The van der Waals surface area contributed by atoms with Crippen LogP contribution in [-0.2, 0) is 9.47 Å². The number of rotatable bonds is 3. The fourth-order valence-electron chi connectivity index (χ4n) is 5.15. The number of ether oxygens (including phenoxy) is 2. The van der Waals surface area contributed by atoms with Crippen LogP contribution in [0.25, 0.3) is 5.76 Å². The van der Waals surface area contributed by atoms with Crippen LogP contribution in [0.1, 0.15) is 45.9 Å². The van der Waals surface area contributed by atoms with Crippen LogP contribution in [-0.4, -0.2) is 24.8 Å². The van der Waals surface area contributed by atoms with Gasteiger partial charge in [-0.1, -0.05) is 11.6 Å². The topological polar surface area (TPSA) is 38.7 Å². The third-order valence-corrected chi connectivity index (χ3v) is 6.12. The van der Waals surface area contributed by atoms with E-state index in [-0.39, 0.29) is 28.4 Å². The van der Waals surface area contributed by atoms with Crippen molar-refractivity contribution in [2.24, 2.45) is 17.8 Å². The molecule has 1 aromatic carbocycles. The highest BCUT2D eigenvalue weighted by molar-refractivity contribution is 6.32. The predicted molar refractivity (Wildman–Crippen MR) is 90.3 cm³/mol. The largest absolute Gasteiger partial charge is 0.506 e. The number of hydrogen-bond donors (Lipinski definition) is 1. The summed E-state index contributed by atoms with van der Waals surface area (Å²) in [5, 5.41) is 10.2. The number of halogens is 1. The van der Waals surface area contributed by atoms with Gasteiger partial charge in [0.2, 0.25) is 0 Å². The molecule has 0 radical (unpaired) electrons. The van der Waals surface area contributed by atoms with Crippen LogP contribution < -0.4 is 0 Å². The first-order valence-corrected chi connectivity index (χ1v) is 8.34. The van der Waals surface area contributed by atoms with Crippen LogP contribution >= 0.6 is 11.6 Å². The molecule has 0 spiro atoms. The summed E-state index contributed by atoms with van der Waals surface area (Å²) >= 11 is 5.92. The van der Waals surface area contributed by atoms with E-state index in [0.29, 0.717) is 24.3 Å². The Morgan fingerprint density at radius 1 is 1.26 bits per heavy atom. The van der Waals surface area contributed by atoms with Crippen molar-refractivity contribution in [2.45, 2.75) is 37.7 Å². The average molecular weight is 341 g/mol. The number of phenols is 1. The molecule has 2 atom stereocenters. The minimum Gasteiger partial charge on any atom is -0.506 e. The summed E-state index contributed by atoms with van der Waals surface area (Å²) in [5.74, 6) is 0.418. The number of methoxy groups -OCH3 is 2. The fourth-order valence-corrected chi connectivity index (χ4v) is 5.27. The molecule has 1 aromatic rings. The molecule has 1 N–H and O–H groups in total. The second-order valence-electron chi connectivity index (χ2n) is 7.18. The smallest absolute Gasteiger partial charge is 0.134 e. The van der Waals surface area contributed by atoms with Gasteiger partial charge in [-0.05, 0) is 73.6 Å². The van der Waals surface area contributed by atoms with E-state index < -0.39 is 19.7 Å². The molecule has 0 heterocycles. The van der Waals surface area contributed by atoms with Gasteiger partial charge in [-0.25, -0.2) is 0 Å². The van der Waals surface area contributed by atoms with Gasteiger partial charge >= 0.3 is 0 Å². The third-order valence-electron chi connectivity index (χ3n) is 5.80. The predicted octanol–water partition coefficient (Wildman–Crippen LogP) is 4.63. The van der Waals surface area contributed by atoms with Crippen molar-refractivity contribution in [1.29, 1.82) is 0 Å². The van der Waals surface area contributed by atoms with Crippen LogP contribution in [0.5, 0.6) is 5.75 Å². The van der Waals surface area contributed by atoms with Gasteiger partial charge in [-0.3, -0.25) is 0 Å². The number of phenolic OH excluding ortho intramolecular Hbond substituents is 1. The molecule has 4 fully saturated rings. The molecule has 4 heteroatoms. The quantitative estimate of drug-likeness (QED) is 0.815. The van der Waals surface area contributed by atoms with Crippen molar-refractivity contribution in [3.8, 4) is 5.75 Å². The number of hydrogen-bond acceptors (Lipinski definition) is 3. The third kappa shape index (κ3) is 2.36. The van der Waals surface area contributed by atoms with Crippen molar-refractivity contribution in [3.05, 3.63) is 34.4 Å². The summed E-state index contributed by atoms with van der Waals surface area (Å²) in [6, 6.07) is 4.55. The number of aromatic hydroxyl groups is 1. The maximum atomic E-state index is 10.0. The normalized spacial score (nSPS) is 39.7. The van der Waals surface area contributed by atoms with E-state index in [2.05, 4.69) is 0 Å². The molecule has 4 aliphatic rings. The van der Waals surface area contributed by atoms with Crippen LogP contribution in [0.4, 0.5) is 0 Å². The molecule has 4 aliphatic carbocycles. The lowest BCUT2D eigenvalue weighted by atomic mass is 9.52. The van der Waals surface area contributed by atoms with Crippen LogP contribution in [0, 0.1) is 17.8 Å². The maximum absolute atomic E-state index is 10.0. The molecule has 4 saturated carbocycles. The summed E-state index contributed by atoms with van der Waals surface area (Å²) < 4.78 is 56.6. The van der Waals surface area contributed by atoms with Crippen LogP contribution in [0.15, 0.2) is 23.8 Å². The Bertz CT molecular complexity index is 829. The van der Waals surface area contributed by atoms with Gasteiger partial charge in [-0.15, -0.1) is 0 Å². The number of allylic oxidation sites excluding steroid dienone is 1. The Balaban J connectivity index is 1.77. The lowest BCUT2D eigenvalue weighted by Crippen LogP contribution is -2.52. The Kier molecular flexibility index (Phi) is 2.35. The minimum atomic E-state index is -2.65. The van der Waals surface area contributed by atoms with Crippen molar-refractivity contribution >= 4 is 17.4 Å². The van der Waals surface area contributed by atoms with E-state index in [1.54, 1.807) is 6.07 Å². The van der Waals surface area contributed by atoms with Gasteiger partial charge in [0.1, 0.15) is 11.5 Å². The molecule has 3 nitrogen and oxygen atoms in total. The van der Waals surface area contributed by atoms with Crippen LogP contribution in [0.2, 0.25) is 5.02 Å². The van der Waals surface area contributed by atoms with Gasteiger partial charge in [0.15, 0.2) is 0 Å². The first-order chi connectivity index (χ1) is 13.3. The SMILES string of the molecule is [2H]C([2H])([2H])OC(=C1C2CC3CC1CC(OC([2H])([2H])[2H])(C3)C2)c1ccc(Cl)c(O)c1. The average Bonchev–Trinajstić information content (AvgIpc) is 2.52. The van der Waals surface area contributed by atoms with Crippen molar-refractivity contribution < 1.29 is 22.8 Å². The molecular weight excluding hydrogens is 312 g/mol. The van der Waals surface area contributed by atoms with E-state index in [9.17, 15) is 5.11 Å². The Hall–Kier alpha value is -1.19. The van der Waals surface area contributed by atoms with E-state index >= 15 is 0 Å². The van der Waals surface area contributed by atoms with E-state index in [0.717, 1.165) is 24.8 Å². The first kappa shape index (κ1) is 9.95. The van der Waals surface area contributed by atoms with Crippen LogP contribution in [0.3, 0.4) is 0 Å². The van der Waals surface area contributed by atoms with Gasteiger partial charge in [0, 0.05) is 12.6 Å². The second kappa shape index (κ2) is 5.42. The summed E-state index contributed by atoms with van der Waals surface area (Å²) in [6.07, 6.45) is 3.49. The Morgan fingerprint density at radius 3 is 2.70 bits per heavy atom. The zero-order chi connectivity index (χ0) is 21.2. The molecular formula is C19H23ClO3. The molecule has 2 unspecified atom stereocenters. The Labute approximate surface area is 150 Å². The summed E-state index contributed by atoms with van der Waals surface area (Å²) in [4.78, 5) is 0. The Morgan fingerprint density at radius 2 is 2.04 bits per heavy atom. The molecule has 0 amide bonds. The zero-order valence-electron chi connectivity index (χ0n) is 18.6. The van der Waals surface area contributed by atoms with Crippen molar-refractivity contribution in [1.82, 2.24) is 0 Å². The fraction of sp³-hybridized carbons (Fsp3) is 0.579. The molecule has 0 aliphatic heterocycles. The van der Waals surface area contributed by atoms with Crippen molar-refractivity contribution in [2.75, 3.05) is 14.1 Å². The molecule has 124 valence electrons. The monoisotopic (exact) mass is 340 g/mol.